The maximum Gasteiger partial charge on any atom is 0.460 e. The molecule has 0 saturated carbocycles. The molecule has 1 unspecified atom stereocenters. The van der Waals surface area contributed by atoms with Gasteiger partial charge in [-0.1, -0.05) is 27.7 Å². The Hall–Kier alpha value is -0.810. The van der Waals surface area contributed by atoms with Crippen molar-refractivity contribution in [3.63, 3.8) is 0 Å². The molecule has 0 heterocycles. The topological polar surface area (TPSA) is 26.3 Å². The molecule has 174 valence electrons. The zero-order valence-corrected chi connectivity index (χ0v) is 17.2. The van der Waals surface area contributed by atoms with E-state index in [2.05, 4.69) is 0 Å². The van der Waals surface area contributed by atoms with Crippen LogP contribution in [0.3, 0.4) is 0 Å². The van der Waals surface area contributed by atoms with Crippen LogP contribution in [0.25, 0.3) is 0 Å². The summed E-state index contributed by atoms with van der Waals surface area (Å²) in [6.07, 6.45) is -9.22. The zero-order chi connectivity index (χ0) is 23.3. The van der Waals surface area contributed by atoms with Crippen LogP contribution in [0.5, 0.6) is 0 Å². The maximum atomic E-state index is 13.5. The second-order valence-corrected chi connectivity index (χ2v) is 8.78. The highest BCUT2D eigenvalue weighted by Crippen LogP contribution is 2.54. The molecule has 29 heavy (non-hydrogen) atoms. The summed E-state index contributed by atoms with van der Waals surface area (Å²) in [6.45, 7) is 7.24. The molecular weight excluding hydrogens is 439 g/mol. The number of alkyl halides is 9. The lowest BCUT2D eigenvalue weighted by Gasteiger charge is -2.33. The lowest BCUT2D eigenvalue weighted by Crippen LogP contribution is -2.60. The van der Waals surface area contributed by atoms with E-state index in [9.17, 15) is 44.3 Å². The first-order valence-electron chi connectivity index (χ1n) is 8.85. The molecule has 0 rings (SSSR count). The smallest absolute Gasteiger partial charge is 0.460 e. The van der Waals surface area contributed by atoms with E-state index in [0.29, 0.717) is 6.42 Å². The standard InChI is InChI=1S/C17H25F9O2S/c1-10(2)8-12(13(27)28-9-11(3)4)29-7-5-6-14(18,19)15(20,21)16(22,23)17(24,25)26/h10-12H,5-9H2,1-4H3. The number of hydrogen-bond acceptors (Lipinski definition) is 3. The van der Waals surface area contributed by atoms with E-state index >= 15 is 0 Å². The van der Waals surface area contributed by atoms with E-state index in [0.717, 1.165) is 11.8 Å². The summed E-state index contributed by atoms with van der Waals surface area (Å²) < 4.78 is 120. The van der Waals surface area contributed by atoms with Crippen LogP contribution < -0.4 is 0 Å². The summed E-state index contributed by atoms with van der Waals surface area (Å²) in [5.74, 6) is -20.0. The summed E-state index contributed by atoms with van der Waals surface area (Å²) in [5, 5.41) is -0.792. The molecule has 0 aliphatic carbocycles. The van der Waals surface area contributed by atoms with Gasteiger partial charge in [-0.3, -0.25) is 4.79 Å². The van der Waals surface area contributed by atoms with Crippen molar-refractivity contribution in [2.24, 2.45) is 11.8 Å². The molecule has 0 radical (unpaired) electrons. The summed E-state index contributed by atoms with van der Waals surface area (Å²) in [5.41, 5.74) is 0. The van der Waals surface area contributed by atoms with E-state index in [1.165, 1.54) is 0 Å². The first kappa shape index (κ1) is 28.2. The van der Waals surface area contributed by atoms with Crippen molar-refractivity contribution < 1.29 is 49.0 Å². The van der Waals surface area contributed by atoms with E-state index in [1.54, 1.807) is 27.7 Å². The van der Waals surface area contributed by atoms with Gasteiger partial charge in [0.25, 0.3) is 0 Å². The van der Waals surface area contributed by atoms with Crippen molar-refractivity contribution in [1.82, 2.24) is 0 Å². The highest BCUT2D eigenvalue weighted by atomic mass is 32.2. The fraction of sp³-hybridized carbons (Fsp3) is 0.941. The van der Waals surface area contributed by atoms with Gasteiger partial charge in [0, 0.05) is 6.42 Å². The van der Waals surface area contributed by atoms with Gasteiger partial charge in [-0.25, -0.2) is 0 Å². The van der Waals surface area contributed by atoms with Crippen LogP contribution in [0.2, 0.25) is 0 Å². The average molecular weight is 464 g/mol. The lowest BCUT2D eigenvalue weighted by molar-refractivity contribution is -0.396. The van der Waals surface area contributed by atoms with Gasteiger partial charge in [-0.15, -0.1) is 11.8 Å². The summed E-state index contributed by atoms with van der Waals surface area (Å²) in [7, 11) is 0. The van der Waals surface area contributed by atoms with Crippen LogP contribution in [0, 0.1) is 11.8 Å². The summed E-state index contributed by atoms with van der Waals surface area (Å²) in [6, 6.07) is 0. The normalized spacial score (nSPS) is 15.1. The molecule has 0 N–H and O–H groups in total. The minimum absolute atomic E-state index is 0.00958. The number of carbonyl (C=O) groups is 1. The Bertz CT molecular complexity index is 520. The molecule has 0 aliphatic heterocycles. The predicted octanol–water partition coefficient (Wildman–Crippen LogP) is 6.58. The molecule has 12 heteroatoms. The zero-order valence-electron chi connectivity index (χ0n) is 16.4. The van der Waals surface area contributed by atoms with Crippen molar-refractivity contribution in [3.05, 3.63) is 0 Å². The Labute approximate surface area is 167 Å². The fourth-order valence-electron chi connectivity index (χ4n) is 2.09. The largest absolute Gasteiger partial charge is 0.465 e. The summed E-state index contributed by atoms with van der Waals surface area (Å²) >= 11 is 0.812. The van der Waals surface area contributed by atoms with Crippen molar-refractivity contribution >= 4 is 17.7 Å². The number of ether oxygens (including phenoxy) is 1. The molecule has 0 aromatic heterocycles. The first-order chi connectivity index (χ1) is 12.9. The molecule has 0 saturated heterocycles. The molecule has 1 atom stereocenters. The van der Waals surface area contributed by atoms with E-state index in [1.807, 2.05) is 0 Å². The van der Waals surface area contributed by atoms with E-state index in [-0.39, 0.29) is 24.2 Å². The Morgan fingerprint density at radius 2 is 1.38 bits per heavy atom. The fourth-order valence-corrected chi connectivity index (χ4v) is 3.41. The molecule has 0 fully saturated rings. The Kier molecular flexibility index (Phi) is 10.2. The minimum atomic E-state index is -6.88. The highest BCUT2D eigenvalue weighted by molar-refractivity contribution is 8.00. The Morgan fingerprint density at radius 3 is 1.79 bits per heavy atom. The number of thioether (sulfide) groups is 1. The van der Waals surface area contributed by atoms with Crippen molar-refractivity contribution in [2.75, 3.05) is 12.4 Å². The second kappa shape index (κ2) is 10.5. The van der Waals surface area contributed by atoms with Gasteiger partial charge in [0.05, 0.1) is 6.61 Å². The van der Waals surface area contributed by atoms with Crippen molar-refractivity contribution in [1.29, 1.82) is 0 Å². The van der Waals surface area contributed by atoms with E-state index < -0.39 is 48.0 Å². The average Bonchev–Trinajstić information content (AvgIpc) is 2.53. The van der Waals surface area contributed by atoms with Crippen LogP contribution in [-0.2, 0) is 9.53 Å². The van der Waals surface area contributed by atoms with Gasteiger partial charge in [0.1, 0.15) is 5.25 Å². The third-order valence-electron chi connectivity index (χ3n) is 3.67. The highest BCUT2D eigenvalue weighted by Gasteiger charge is 2.81. The molecule has 0 aromatic carbocycles. The Balaban J connectivity index is 4.93. The third-order valence-corrected chi connectivity index (χ3v) is 4.98. The van der Waals surface area contributed by atoms with Crippen molar-refractivity contribution in [3.8, 4) is 0 Å². The molecular formula is C17H25F9O2S. The number of halogens is 9. The van der Waals surface area contributed by atoms with Gasteiger partial charge in [0.2, 0.25) is 0 Å². The van der Waals surface area contributed by atoms with Crippen molar-refractivity contribution in [2.45, 2.75) is 76.2 Å². The van der Waals surface area contributed by atoms with Crippen LogP contribution >= 0.6 is 11.8 Å². The predicted molar refractivity (Wildman–Crippen MR) is 91.6 cm³/mol. The van der Waals surface area contributed by atoms with E-state index in [4.69, 9.17) is 4.74 Å². The SMILES string of the molecule is CC(C)COC(=O)C(CC(C)C)SCCCC(F)(F)C(F)(F)C(F)(F)C(F)(F)F. The number of carbonyl (C=O) groups excluding carboxylic acids is 1. The molecule has 2 nitrogen and oxygen atoms in total. The number of hydrogen-bond donors (Lipinski definition) is 0. The molecule has 0 bridgehead atoms. The van der Waals surface area contributed by atoms with Gasteiger partial charge in [0.15, 0.2) is 0 Å². The second-order valence-electron chi connectivity index (χ2n) is 7.47. The minimum Gasteiger partial charge on any atom is -0.465 e. The van der Waals surface area contributed by atoms with Crippen LogP contribution in [0.4, 0.5) is 39.5 Å². The lowest BCUT2D eigenvalue weighted by atomic mass is 10.00. The number of rotatable bonds is 12. The van der Waals surface area contributed by atoms with Crippen LogP contribution in [0.1, 0.15) is 47.0 Å². The van der Waals surface area contributed by atoms with Gasteiger partial charge in [-0.2, -0.15) is 39.5 Å². The van der Waals surface area contributed by atoms with Gasteiger partial charge >= 0.3 is 29.9 Å². The van der Waals surface area contributed by atoms with Crippen LogP contribution in [-0.4, -0.2) is 47.5 Å². The van der Waals surface area contributed by atoms with Gasteiger partial charge in [-0.05, 0) is 30.4 Å². The first-order valence-corrected chi connectivity index (χ1v) is 9.90. The molecule has 0 amide bonds. The third kappa shape index (κ3) is 7.75. The molecule has 0 spiro atoms. The van der Waals surface area contributed by atoms with Gasteiger partial charge < -0.3 is 4.74 Å². The van der Waals surface area contributed by atoms with Crippen LogP contribution in [0.15, 0.2) is 0 Å². The quantitative estimate of drug-likeness (QED) is 0.185. The molecule has 0 aromatic rings. The summed E-state index contributed by atoms with van der Waals surface area (Å²) in [4.78, 5) is 12.0. The maximum absolute atomic E-state index is 13.5. The number of esters is 1. The monoisotopic (exact) mass is 464 g/mol. The molecule has 0 aliphatic rings. The Morgan fingerprint density at radius 1 is 0.862 bits per heavy atom.